The number of amides is 1. The third-order valence-electron chi connectivity index (χ3n) is 4.96. The van der Waals surface area contributed by atoms with Gasteiger partial charge in [-0.15, -0.1) is 12.4 Å². The fraction of sp³-hybridized carbons (Fsp3) is 0.722. The van der Waals surface area contributed by atoms with Gasteiger partial charge in [0.2, 0.25) is 5.91 Å². The molecule has 1 atom stereocenters. The van der Waals surface area contributed by atoms with Gasteiger partial charge in [-0.1, -0.05) is 24.9 Å². The molecule has 2 heterocycles. The van der Waals surface area contributed by atoms with Crippen molar-refractivity contribution >= 4 is 30.1 Å². The number of nitrogens with zero attached hydrogens (tertiary/aromatic N) is 3. The summed E-state index contributed by atoms with van der Waals surface area (Å²) in [6.45, 7) is 5.52. The SMILES string of the molecule is CCCCC(C(=O)Nc1cc(C)on1)N1CCC(N(C)CC(=O)O)CC1.Cl. The third-order valence-corrected chi connectivity index (χ3v) is 4.96. The van der Waals surface area contributed by atoms with E-state index in [1.54, 1.807) is 13.0 Å². The number of hydrogen-bond donors (Lipinski definition) is 2. The Morgan fingerprint density at radius 2 is 2.11 bits per heavy atom. The van der Waals surface area contributed by atoms with Gasteiger partial charge in [0.15, 0.2) is 5.82 Å². The van der Waals surface area contributed by atoms with Crippen LogP contribution in [0.1, 0.15) is 44.8 Å². The van der Waals surface area contributed by atoms with E-state index in [-0.39, 0.29) is 36.9 Å². The highest BCUT2D eigenvalue weighted by Crippen LogP contribution is 2.21. The van der Waals surface area contributed by atoms with Crippen LogP contribution in [0, 0.1) is 6.92 Å². The Morgan fingerprint density at radius 3 is 2.63 bits per heavy atom. The van der Waals surface area contributed by atoms with Crippen LogP contribution in [-0.4, -0.2) is 70.7 Å². The molecule has 1 aliphatic rings. The Hall–Kier alpha value is -1.64. The van der Waals surface area contributed by atoms with Crippen molar-refractivity contribution in [1.82, 2.24) is 15.0 Å². The molecule has 1 amide bonds. The first-order valence-electron chi connectivity index (χ1n) is 9.31. The molecule has 1 saturated heterocycles. The number of piperidine rings is 1. The molecule has 1 fully saturated rings. The van der Waals surface area contributed by atoms with Crippen LogP contribution in [0.15, 0.2) is 10.6 Å². The number of aliphatic carboxylic acids is 1. The average Bonchev–Trinajstić information content (AvgIpc) is 3.00. The predicted molar refractivity (Wildman–Crippen MR) is 105 cm³/mol. The molecule has 0 aromatic carbocycles. The second kappa shape index (κ2) is 11.3. The van der Waals surface area contributed by atoms with Crippen molar-refractivity contribution in [3.8, 4) is 0 Å². The zero-order valence-corrected chi connectivity index (χ0v) is 17.1. The van der Waals surface area contributed by atoms with E-state index in [1.165, 1.54) is 0 Å². The summed E-state index contributed by atoms with van der Waals surface area (Å²) in [4.78, 5) is 27.8. The van der Waals surface area contributed by atoms with Crippen LogP contribution in [-0.2, 0) is 9.59 Å². The van der Waals surface area contributed by atoms with Gasteiger partial charge in [0.1, 0.15) is 5.76 Å². The van der Waals surface area contributed by atoms with Crippen LogP contribution in [0.2, 0.25) is 0 Å². The molecule has 0 spiro atoms. The van der Waals surface area contributed by atoms with E-state index in [4.69, 9.17) is 9.63 Å². The van der Waals surface area contributed by atoms with Gasteiger partial charge in [0, 0.05) is 25.2 Å². The van der Waals surface area contributed by atoms with E-state index in [2.05, 4.69) is 22.3 Å². The molecule has 0 radical (unpaired) electrons. The normalized spacial score (nSPS) is 16.7. The summed E-state index contributed by atoms with van der Waals surface area (Å²) in [5, 5.41) is 15.6. The van der Waals surface area contributed by atoms with Crippen molar-refractivity contribution in [2.75, 3.05) is 32.0 Å². The van der Waals surface area contributed by atoms with Crippen LogP contribution >= 0.6 is 12.4 Å². The van der Waals surface area contributed by atoms with Gasteiger partial charge in [-0.2, -0.15) is 0 Å². The highest BCUT2D eigenvalue weighted by atomic mass is 35.5. The van der Waals surface area contributed by atoms with Gasteiger partial charge >= 0.3 is 5.97 Å². The average molecular weight is 403 g/mol. The van der Waals surface area contributed by atoms with Gasteiger partial charge in [-0.25, -0.2) is 0 Å². The maximum Gasteiger partial charge on any atom is 0.317 e. The first kappa shape index (κ1) is 23.4. The highest BCUT2D eigenvalue weighted by Gasteiger charge is 2.31. The van der Waals surface area contributed by atoms with E-state index in [0.29, 0.717) is 11.6 Å². The summed E-state index contributed by atoms with van der Waals surface area (Å²) in [5.74, 6) is 0.250. The molecule has 0 saturated carbocycles. The molecule has 1 unspecified atom stereocenters. The summed E-state index contributed by atoms with van der Waals surface area (Å²) in [7, 11) is 1.85. The van der Waals surface area contributed by atoms with E-state index in [0.717, 1.165) is 45.2 Å². The fourth-order valence-corrected chi connectivity index (χ4v) is 3.49. The quantitative estimate of drug-likeness (QED) is 0.654. The van der Waals surface area contributed by atoms with Crippen molar-refractivity contribution < 1.29 is 19.2 Å². The number of nitrogens with one attached hydrogen (secondary N) is 1. The molecule has 9 heteroatoms. The Kier molecular flexibility index (Phi) is 9.76. The van der Waals surface area contributed by atoms with E-state index in [1.807, 2.05) is 11.9 Å². The summed E-state index contributed by atoms with van der Waals surface area (Å²) >= 11 is 0. The summed E-state index contributed by atoms with van der Waals surface area (Å²) < 4.78 is 5.01. The van der Waals surface area contributed by atoms with Crippen LogP contribution in [0.5, 0.6) is 0 Å². The van der Waals surface area contributed by atoms with Gasteiger partial charge in [-0.05, 0) is 33.2 Å². The number of carboxylic acid groups (broad SMARTS) is 1. The van der Waals surface area contributed by atoms with Gasteiger partial charge in [-0.3, -0.25) is 19.4 Å². The molecule has 8 nitrogen and oxygen atoms in total. The number of carboxylic acids is 1. The van der Waals surface area contributed by atoms with Crippen LogP contribution < -0.4 is 5.32 Å². The predicted octanol–water partition coefficient (Wildman–Crippen LogP) is 2.38. The highest BCUT2D eigenvalue weighted by molar-refractivity contribution is 5.94. The molecule has 1 aromatic rings. The zero-order valence-electron chi connectivity index (χ0n) is 16.3. The van der Waals surface area contributed by atoms with Crippen molar-refractivity contribution in [3.05, 3.63) is 11.8 Å². The number of halogens is 1. The summed E-state index contributed by atoms with van der Waals surface area (Å²) in [5.41, 5.74) is 0. The van der Waals surface area contributed by atoms with Gasteiger partial charge in [0.25, 0.3) is 0 Å². The van der Waals surface area contributed by atoms with E-state index >= 15 is 0 Å². The number of anilines is 1. The largest absolute Gasteiger partial charge is 0.480 e. The van der Waals surface area contributed by atoms with Crippen LogP contribution in [0.3, 0.4) is 0 Å². The van der Waals surface area contributed by atoms with Crippen LogP contribution in [0.4, 0.5) is 5.82 Å². The molecular weight excluding hydrogens is 372 g/mol. The van der Waals surface area contributed by atoms with Crippen molar-refractivity contribution in [2.24, 2.45) is 0 Å². The Morgan fingerprint density at radius 1 is 1.44 bits per heavy atom. The van der Waals surface area contributed by atoms with E-state index < -0.39 is 5.97 Å². The number of aromatic nitrogens is 1. The maximum absolute atomic E-state index is 12.8. The van der Waals surface area contributed by atoms with Crippen molar-refractivity contribution in [1.29, 1.82) is 0 Å². The molecule has 0 bridgehead atoms. The molecule has 27 heavy (non-hydrogen) atoms. The number of hydrogen-bond acceptors (Lipinski definition) is 6. The molecule has 1 aliphatic heterocycles. The second-order valence-electron chi connectivity index (χ2n) is 7.05. The molecule has 1 aromatic heterocycles. The lowest BCUT2D eigenvalue weighted by atomic mass is 9.99. The first-order valence-corrected chi connectivity index (χ1v) is 9.31. The van der Waals surface area contributed by atoms with Gasteiger partial charge in [0.05, 0.1) is 12.6 Å². The number of carbonyl (C=O) groups is 2. The number of likely N-dealkylation sites (tertiary alicyclic amines) is 1. The van der Waals surface area contributed by atoms with Crippen molar-refractivity contribution in [2.45, 2.75) is 58.0 Å². The minimum Gasteiger partial charge on any atom is -0.480 e. The standard InChI is InChI=1S/C18H30N4O4.ClH/c1-4-5-6-15(18(25)19-16-11-13(2)26-20-16)22-9-7-14(8-10-22)21(3)12-17(23)24;/h11,14-15H,4-10,12H2,1-3H3,(H,23,24)(H,19,20,25);1H. The Balaban J connectivity index is 0.00000364. The lowest BCUT2D eigenvalue weighted by Gasteiger charge is -2.39. The number of aryl methyl sites for hydroxylation is 1. The van der Waals surface area contributed by atoms with Crippen molar-refractivity contribution in [3.63, 3.8) is 0 Å². The molecule has 2 N–H and O–H groups in total. The monoisotopic (exact) mass is 402 g/mol. The summed E-state index contributed by atoms with van der Waals surface area (Å²) in [6, 6.07) is 1.76. The molecule has 2 rings (SSSR count). The topological polar surface area (TPSA) is 98.9 Å². The zero-order chi connectivity index (χ0) is 19.1. The molecular formula is C18H31ClN4O4. The van der Waals surface area contributed by atoms with E-state index in [9.17, 15) is 9.59 Å². The Labute approximate surface area is 166 Å². The summed E-state index contributed by atoms with van der Waals surface area (Å²) in [6.07, 6.45) is 4.54. The number of unbranched alkanes of at least 4 members (excludes halogenated alkanes) is 1. The third kappa shape index (κ3) is 7.12. The number of carbonyl (C=O) groups excluding carboxylic acids is 1. The lowest BCUT2D eigenvalue weighted by Crippen LogP contribution is -2.51. The molecule has 0 aliphatic carbocycles. The number of likely N-dealkylation sites (N-methyl/N-ethyl adjacent to an activating group) is 1. The Bertz CT molecular complexity index is 602. The van der Waals surface area contributed by atoms with Crippen LogP contribution in [0.25, 0.3) is 0 Å². The lowest BCUT2D eigenvalue weighted by molar-refractivity contribution is -0.138. The molecule has 154 valence electrons. The number of rotatable bonds is 9. The minimum absolute atomic E-state index is 0. The van der Waals surface area contributed by atoms with Gasteiger partial charge < -0.3 is 14.9 Å². The maximum atomic E-state index is 12.8. The fourth-order valence-electron chi connectivity index (χ4n) is 3.49. The first-order chi connectivity index (χ1) is 12.4. The second-order valence-corrected chi connectivity index (χ2v) is 7.05. The smallest absolute Gasteiger partial charge is 0.317 e. The minimum atomic E-state index is -0.807.